The zero-order chi connectivity index (χ0) is 4.50. The Kier molecular flexibility index (Phi) is 3.27. The van der Waals surface area contributed by atoms with Crippen LogP contribution in [0.5, 0.6) is 0 Å². The Morgan fingerprint density at radius 3 is 1.60 bits per heavy atom. The zero-order valence-electron chi connectivity index (χ0n) is 2.83. The fourth-order valence-corrected chi connectivity index (χ4v) is 0. The summed E-state index contributed by atoms with van der Waals surface area (Å²) in [4.78, 5) is 0. The smallest absolute Gasteiger partial charge is 0.0873 e. The van der Waals surface area contributed by atoms with E-state index in [1.807, 2.05) is 0 Å². The number of rotatable bonds is 0. The lowest BCUT2D eigenvalue weighted by atomic mass is 11.0. The quantitative estimate of drug-likeness (QED) is 0.363. The first-order valence-electron chi connectivity index (χ1n) is 1.17. The first-order valence-corrected chi connectivity index (χ1v) is 3.90. The number of hydrogen-bond donors (Lipinski definition) is 0. The van der Waals surface area contributed by atoms with Crippen molar-refractivity contribution in [3.8, 4) is 0 Å². The van der Waals surface area contributed by atoms with Gasteiger partial charge in [-0.15, -0.1) is 0 Å². The van der Waals surface area contributed by atoms with Crippen molar-refractivity contribution in [2.45, 2.75) is 7.21 Å². The van der Waals surface area contributed by atoms with Gasteiger partial charge in [0.1, 0.15) is 0 Å². The Balaban J connectivity index is 3.02. The normalized spacial score (nSPS) is 11.8. The summed E-state index contributed by atoms with van der Waals surface area (Å²) in [5, 5.41) is 0. The van der Waals surface area contributed by atoms with E-state index >= 15 is 0 Å². The Hall–Kier alpha value is 1.99. The summed E-state index contributed by atoms with van der Waals surface area (Å²) < 4.78 is 0.357. The van der Waals surface area contributed by atoms with E-state index in [9.17, 15) is 0 Å². The van der Waals surface area contributed by atoms with E-state index in [0.717, 1.165) is 0 Å². The maximum atomic E-state index is 2.69. The predicted molar refractivity (Wildman–Crippen MR) is 42.2 cm³/mol. The summed E-state index contributed by atoms with van der Waals surface area (Å²) in [6.07, 6.45) is 0. The molecule has 0 spiro atoms. The van der Waals surface area contributed by atoms with E-state index in [1.54, 1.807) is 0 Å². The van der Waals surface area contributed by atoms with Crippen LogP contribution in [0.25, 0.3) is 0 Å². The Labute approximate surface area is 67.8 Å². The third-order valence-electron chi connectivity index (χ3n) is 0. The molecule has 0 unspecified atom stereocenters. The van der Waals surface area contributed by atoms with E-state index in [4.69, 9.17) is 0 Å². The van der Waals surface area contributed by atoms with Gasteiger partial charge in [-0.05, 0) is 0.290 Å². The van der Waals surface area contributed by atoms with Crippen molar-refractivity contribution < 1.29 is 0 Å². The van der Waals surface area contributed by atoms with Gasteiger partial charge < -0.3 is 0 Å². The molecule has 0 aliphatic carbocycles. The van der Waals surface area contributed by atoms with Gasteiger partial charge in [-0.25, -0.2) is 0 Å². The van der Waals surface area contributed by atoms with E-state index < -0.39 is 0 Å². The van der Waals surface area contributed by atoms with Crippen molar-refractivity contribution in [1.29, 1.82) is 0 Å². The van der Waals surface area contributed by atoms with Crippen LogP contribution in [0.3, 0.4) is 0 Å². The molecule has 0 N–H and O–H groups in total. The maximum absolute atomic E-state index is 2.69. The largest absolute Gasteiger partial charge is 0.164 e. The first-order chi connectivity index (χ1) is 2.00. The van der Waals surface area contributed by atoms with Gasteiger partial charge in [-0.3, -0.25) is 0 Å². The molecule has 0 saturated carbocycles. The lowest BCUT2D eigenvalue weighted by Gasteiger charge is -2.01. The highest BCUT2D eigenvalue weighted by atomic mass is 127. The molecule has 0 aromatic carbocycles. The molecule has 2 radical (unpaired) electrons. The summed E-state index contributed by atoms with van der Waals surface area (Å²) in [6.45, 7) is 2.12. The van der Waals surface area contributed by atoms with Gasteiger partial charge in [0.15, 0.2) is 16.3 Å². The van der Waals surface area contributed by atoms with Crippen LogP contribution in [0.1, 0.15) is 6.92 Å². The molecule has 0 fully saturated rings. The van der Waals surface area contributed by atoms with Crippen LogP contribution in [0.4, 0.5) is 0 Å². The van der Waals surface area contributed by atoms with Gasteiger partial charge in [0.25, 0.3) is 0 Å². The highest BCUT2D eigenvalue weighted by Crippen LogP contribution is 2.20. The van der Waals surface area contributed by atoms with Crippen LogP contribution in [0.2, 0.25) is 0 Å². The Morgan fingerprint density at radius 1 is 1.60 bits per heavy atom. The molecule has 3 heteroatoms. The topological polar surface area (TPSA) is 0 Å². The summed E-state index contributed by atoms with van der Waals surface area (Å²) >= 11 is 7.34. The molecule has 0 aromatic rings. The van der Waals surface area contributed by atoms with Crippen molar-refractivity contribution in [3.63, 3.8) is 0 Å². The number of alkyl halides is 2. The predicted octanol–water partition coefficient (Wildman–Crippen LogP) is 1.70. The molecule has 0 heterocycles. The Morgan fingerprint density at radius 2 is 1.60 bits per heavy atom. The molecule has 0 amide bonds. The minimum atomic E-state index is 0.357. The summed E-state index contributed by atoms with van der Waals surface area (Å²) in [7, 11) is 0. The molecule has 0 aromatic heterocycles. The van der Waals surface area contributed by atoms with Crippen molar-refractivity contribution in [2.75, 3.05) is 0 Å². The summed E-state index contributed by atoms with van der Waals surface area (Å²) in [6, 6.07) is 0. The van der Waals surface area contributed by atoms with Crippen LogP contribution in [0, 0.1) is 0 Å². The van der Waals surface area contributed by atoms with Crippen molar-refractivity contribution in [2.24, 2.45) is 0 Å². The summed E-state index contributed by atoms with van der Waals surface area (Å²) in [5.41, 5.74) is 0. The first kappa shape index (κ1) is 6.99. The minimum absolute atomic E-state index is 0.357. The monoisotopic (exact) mass is 308 g/mol. The molecule has 0 saturated heterocycles. The third-order valence-corrected chi connectivity index (χ3v) is 0. The zero-order valence-corrected chi connectivity index (χ0v) is 8.30. The molecule has 0 atom stereocenters. The van der Waals surface area contributed by atoms with Crippen molar-refractivity contribution in [3.05, 3.63) is 0 Å². The molecule has 0 aliphatic rings. The number of halogens is 2. The molecule has 0 aliphatic heterocycles. The van der Waals surface area contributed by atoms with Gasteiger partial charge in [-0.1, -0.05) is 52.1 Å². The molecule has 28 valence electrons. The molecular formula is C2H3AlI2. The standard InChI is InChI=1S/C2H3I2.Al/c1-2(3)4;/h1H3;. The average Bonchev–Trinajstić information content (AvgIpc) is 0.722. The van der Waals surface area contributed by atoms with Gasteiger partial charge in [0, 0.05) is 0 Å². The second-order valence-corrected chi connectivity index (χ2v) is 11.0. The minimum Gasteiger partial charge on any atom is -0.0873 e. The number of hydrogen-bond acceptors (Lipinski definition) is 0. The fourth-order valence-electron chi connectivity index (χ4n) is 0. The molecule has 0 bridgehead atoms. The van der Waals surface area contributed by atoms with Gasteiger partial charge >= 0.3 is 0 Å². The van der Waals surface area contributed by atoms with E-state index in [-0.39, 0.29) is 0 Å². The molecule has 0 rings (SSSR count). The van der Waals surface area contributed by atoms with Crippen LogP contribution in [-0.2, 0) is 0 Å². The SMILES string of the molecule is C[C]([Al])(I)I. The fraction of sp³-hybridized carbons (Fsp3) is 1.00. The van der Waals surface area contributed by atoms with Crippen LogP contribution < -0.4 is 0 Å². The molecular weight excluding hydrogens is 305 g/mol. The molecule has 0 nitrogen and oxygen atoms in total. The van der Waals surface area contributed by atoms with Crippen LogP contribution in [0.15, 0.2) is 0 Å². The lowest BCUT2D eigenvalue weighted by molar-refractivity contribution is 1.42. The van der Waals surface area contributed by atoms with Crippen molar-refractivity contribution in [1.82, 2.24) is 0 Å². The second kappa shape index (κ2) is 2.34. The average molecular weight is 308 g/mol. The van der Waals surface area contributed by atoms with Crippen LogP contribution in [-0.4, -0.2) is 16.6 Å². The summed E-state index contributed by atoms with van der Waals surface area (Å²) in [5.74, 6) is 0. The maximum Gasteiger partial charge on any atom is 0.164 e. The van der Waals surface area contributed by atoms with Gasteiger partial charge in [-0.2, -0.15) is 0 Å². The van der Waals surface area contributed by atoms with Gasteiger partial charge in [0.2, 0.25) is 0 Å². The van der Waals surface area contributed by atoms with Crippen LogP contribution >= 0.6 is 45.2 Å². The third kappa shape index (κ3) is 24.1. The second-order valence-electron chi connectivity index (χ2n) is 0.956. The van der Waals surface area contributed by atoms with Gasteiger partial charge in [0.05, 0.1) is 0 Å². The highest BCUT2D eigenvalue weighted by molar-refractivity contribution is 14.2. The highest BCUT2D eigenvalue weighted by Gasteiger charge is 1.99. The van der Waals surface area contributed by atoms with E-state index in [0.29, 0.717) is 0.290 Å². The van der Waals surface area contributed by atoms with Crippen molar-refractivity contribution >= 4 is 61.5 Å². The molecule has 5 heavy (non-hydrogen) atoms. The Bertz CT molecular complexity index is 23.1. The lowest BCUT2D eigenvalue weighted by Crippen LogP contribution is -1.99. The van der Waals surface area contributed by atoms with E-state index in [2.05, 4.69) is 68.4 Å². The van der Waals surface area contributed by atoms with E-state index in [1.165, 1.54) is 0 Å².